The van der Waals surface area contributed by atoms with Crippen molar-refractivity contribution in [2.75, 3.05) is 5.73 Å². The van der Waals surface area contributed by atoms with Crippen molar-refractivity contribution in [3.8, 4) is 5.75 Å². The molecule has 2 aromatic rings. The molecule has 0 amide bonds. The van der Waals surface area contributed by atoms with E-state index in [-0.39, 0.29) is 0 Å². The second kappa shape index (κ2) is 4.53. The van der Waals surface area contributed by atoms with E-state index < -0.39 is 0 Å². The van der Waals surface area contributed by atoms with Gasteiger partial charge in [0.2, 0.25) is 0 Å². The summed E-state index contributed by atoms with van der Waals surface area (Å²) < 4.78 is 5.61. The van der Waals surface area contributed by atoms with Crippen LogP contribution in [0.2, 0.25) is 0 Å². The van der Waals surface area contributed by atoms with Crippen LogP contribution < -0.4 is 10.5 Å². The molecule has 0 aliphatic carbocycles. The number of nitrogens with zero attached hydrogens (tertiary/aromatic N) is 1. The Morgan fingerprint density at radius 2 is 2.19 bits per heavy atom. The van der Waals surface area contributed by atoms with Gasteiger partial charge in [-0.05, 0) is 26.0 Å². The van der Waals surface area contributed by atoms with Gasteiger partial charge in [-0.1, -0.05) is 6.07 Å². The van der Waals surface area contributed by atoms with E-state index in [1.54, 1.807) is 11.3 Å². The second-order valence-electron chi connectivity index (χ2n) is 3.61. The number of hydrogen-bond acceptors (Lipinski definition) is 4. The SMILES string of the molecule is Cc1nc(COc2cccc(N)c2)sc1C. The lowest BCUT2D eigenvalue weighted by Gasteiger charge is -2.04. The number of thiazole rings is 1. The average Bonchev–Trinajstić information content (AvgIpc) is 2.56. The van der Waals surface area contributed by atoms with Crippen LogP contribution in [0.1, 0.15) is 15.6 Å². The molecule has 0 aliphatic heterocycles. The van der Waals surface area contributed by atoms with Crippen molar-refractivity contribution >= 4 is 17.0 Å². The monoisotopic (exact) mass is 234 g/mol. The van der Waals surface area contributed by atoms with Crippen LogP contribution in [0.3, 0.4) is 0 Å². The van der Waals surface area contributed by atoms with Gasteiger partial charge in [0.15, 0.2) is 0 Å². The lowest BCUT2D eigenvalue weighted by molar-refractivity contribution is 0.305. The van der Waals surface area contributed by atoms with Gasteiger partial charge in [-0.25, -0.2) is 4.98 Å². The smallest absolute Gasteiger partial charge is 0.140 e. The Morgan fingerprint density at radius 3 is 2.81 bits per heavy atom. The van der Waals surface area contributed by atoms with Gasteiger partial charge in [0.1, 0.15) is 17.4 Å². The predicted octanol–water partition coefficient (Wildman–Crippen LogP) is 2.92. The zero-order valence-corrected chi connectivity index (χ0v) is 10.2. The Hall–Kier alpha value is -1.55. The molecular formula is C12H14N2OS. The molecule has 16 heavy (non-hydrogen) atoms. The lowest BCUT2D eigenvalue weighted by atomic mass is 10.3. The number of nitrogen functional groups attached to an aromatic ring is 1. The predicted molar refractivity (Wildman–Crippen MR) is 66.8 cm³/mol. The summed E-state index contributed by atoms with van der Waals surface area (Å²) in [6.45, 7) is 4.58. The molecule has 2 rings (SSSR count). The van der Waals surface area contributed by atoms with E-state index in [2.05, 4.69) is 11.9 Å². The first-order valence-corrected chi connectivity index (χ1v) is 5.88. The molecule has 0 unspecified atom stereocenters. The quantitative estimate of drug-likeness (QED) is 0.831. The molecule has 1 aromatic carbocycles. The number of anilines is 1. The minimum absolute atomic E-state index is 0.503. The van der Waals surface area contributed by atoms with Gasteiger partial charge in [-0.2, -0.15) is 0 Å². The van der Waals surface area contributed by atoms with Crippen LogP contribution >= 0.6 is 11.3 Å². The summed E-state index contributed by atoms with van der Waals surface area (Å²) in [5.41, 5.74) is 7.45. The molecule has 0 fully saturated rings. The summed E-state index contributed by atoms with van der Waals surface area (Å²) in [6, 6.07) is 7.42. The Balaban J connectivity index is 2.02. The van der Waals surface area contributed by atoms with Crippen LogP contribution in [-0.2, 0) is 6.61 Å². The van der Waals surface area contributed by atoms with E-state index in [0.29, 0.717) is 12.3 Å². The molecule has 0 saturated heterocycles. The van der Waals surface area contributed by atoms with Crippen molar-refractivity contribution in [3.63, 3.8) is 0 Å². The molecule has 1 heterocycles. The van der Waals surface area contributed by atoms with Crippen molar-refractivity contribution in [2.24, 2.45) is 0 Å². The highest BCUT2D eigenvalue weighted by Crippen LogP contribution is 2.20. The summed E-state index contributed by atoms with van der Waals surface area (Å²) in [5, 5.41) is 0.998. The Morgan fingerprint density at radius 1 is 1.38 bits per heavy atom. The maximum atomic E-state index is 5.66. The molecular weight excluding hydrogens is 220 g/mol. The Labute approximate surface area is 98.9 Å². The van der Waals surface area contributed by atoms with Crippen LogP contribution in [-0.4, -0.2) is 4.98 Å². The van der Waals surface area contributed by atoms with Gasteiger partial charge in [-0.3, -0.25) is 0 Å². The third-order valence-electron chi connectivity index (χ3n) is 2.29. The highest BCUT2D eigenvalue weighted by atomic mass is 32.1. The maximum absolute atomic E-state index is 5.66. The van der Waals surface area contributed by atoms with Crippen LogP contribution in [0.5, 0.6) is 5.75 Å². The van der Waals surface area contributed by atoms with E-state index in [0.717, 1.165) is 16.5 Å². The molecule has 4 heteroatoms. The molecule has 0 bridgehead atoms. The second-order valence-corrected chi connectivity index (χ2v) is 4.90. The molecule has 84 valence electrons. The average molecular weight is 234 g/mol. The number of hydrogen-bond donors (Lipinski definition) is 1. The molecule has 2 N–H and O–H groups in total. The molecule has 1 aromatic heterocycles. The van der Waals surface area contributed by atoms with E-state index in [9.17, 15) is 0 Å². The largest absolute Gasteiger partial charge is 0.486 e. The number of ether oxygens (including phenoxy) is 1. The first-order chi connectivity index (χ1) is 7.65. The first-order valence-electron chi connectivity index (χ1n) is 5.06. The minimum Gasteiger partial charge on any atom is -0.486 e. The normalized spacial score (nSPS) is 10.4. The highest BCUT2D eigenvalue weighted by molar-refractivity contribution is 7.11. The first kappa shape index (κ1) is 11.0. The summed E-state index contributed by atoms with van der Waals surface area (Å²) in [4.78, 5) is 5.65. The van der Waals surface area contributed by atoms with Crippen LogP contribution in [0.4, 0.5) is 5.69 Å². The highest BCUT2D eigenvalue weighted by Gasteiger charge is 2.04. The number of aryl methyl sites for hydroxylation is 2. The van der Waals surface area contributed by atoms with Gasteiger partial charge < -0.3 is 10.5 Å². The van der Waals surface area contributed by atoms with Crippen molar-refractivity contribution in [1.29, 1.82) is 0 Å². The summed E-state index contributed by atoms with van der Waals surface area (Å²) >= 11 is 1.67. The maximum Gasteiger partial charge on any atom is 0.140 e. The van der Waals surface area contributed by atoms with E-state index in [1.165, 1.54) is 4.88 Å². The van der Waals surface area contributed by atoms with E-state index in [4.69, 9.17) is 10.5 Å². The Kier molecular flexibility index (Phi) is 3.10. The zero-order valence-electron chi connectivity index (χ0n) is 9.36. The Bertz CT molecular complexity index is 474. The van der Waals surface area contributed by atoms with Gasteiger partial charge in [-0.15, -0.1) is 11.3 Å². The van der Waals surface area contributed by atoms with Crippen molar-refractivity contribution in [3.05, 3.63) is 39.8 Å². The van der Waals surface area contributed by atoms with Crippen molar-refractivity contribution in [2.45, 2.75) is 20.5 Å². The lowest BCUT2D eigenvalue weighted by Crippen LogP contribution is -1.95. The van der Waals surface area contributed by atoms with Gasteiger partial charge in [0.25, 0.3) is 0 Å². The van der Waals surface area contributed by atoms with Crippen LogP contribution in [0, 0.1) is 13.8 Å². The molecule has 3 nitrogen and oxygen atoms in total. The van der Waals surface area contributed by atoms with Crippen LogP contribution in [0.25, 0.3) is 0 Å². The fraction of sp³-hybridized carbons (Fsp3) is 0.250. The zero-order chi connectivity index (χ0) is 11.5. The fourth-order valence-electron chi connectivity index (χ4n) is 1.35. The molecule has 0 atom stereocenters. The number of nitrogens with two attached hydrogens (primary N) is 1. The molecule has 0 radical (unpaired) electrons. The number of aromatic nitrogens is 1. The van der Waals surface area contributed by atoms with Gasteiger partial charge in [0.05, 0.1) is 5.69 Å². The fourth-order valence-corrected chi connectivity index (χ4v) is 2.20. The molecule has 0 aliphatic rings. The minimum atomic E-state index is 0.503. The molecule has 0 saturated carbocycles. The number of rotatable bonds is 3. The van der Waals surface area contributed by atoms with Crippen molar-refractivity contribution in [1.82, 2.24) is 4.98 Å². The van der Waals surface area contributed by atoms with E-state index in [1.807, 2.05) is 31.2 Å². The topological polar surface area (TPSA) is 48.1 Å². The van der Waals surface area contributed by atoms with Gasteiger partial charge in [0, 0.05) is 16.6 Å². The van der Waals surface area contributed by atoms with Crippen molar-refractivity contribution < 1.29 is 4.74 Å². The van der Waals surface area contributed by atoms with Gasteiger partial charge >= 0.3 is 0 Å². The number of benzene rings is 1. The third kappa shape index (κ3) is 2.52. The molecule has 0 spiro atoms. The summed E-state index contributed by atoms with van der Waals surface area (Å²) in [7, 11) is 0. The standard InChI is InChI=1S/C12H14N2OS/c1-8-9(2)16-12(14-8)7-15-11-5-3-4-10(13)6-11/h3-6H,7,13H2,1-2H3. The van der Waals surface area contributed by atoms with Crippen LogP contribution in [0.15, 0.2) is 24.3 Å². The summed E-state index contributed by atoms with van der Waals surface area (Å²) in [6.07, 6.45) is 0. The summed E-state index contributed by atoms with van der Waals surface area (Å²) in [5.74, 6) is 0.783. The van der Waals surface area contributed by atoms with E-state index >= 15 is 0 Å². The third-order valence-corrected chi connectivity index (χ3v) is 3.34.